The molecule has 1 rings (SSSR count). The van der Waals surface area contributed by atoms with Crippen molar-refractivity contribution in [1.29, 1.82) is 0 Å². The Kier molecular flexibility index (Phi) is 6.02. The summed E-state index contributed by atoms with van der Waals surface area (Å²) >= 11 is 0. The van der Waals surface area contributed by atoms with Crippen LogP contribution in [0.15, 0.2) is 0 Å². The second kappa shape index (κ2) is 7.06. The van der Waals surface area contributed by atoms with Gasteiger partial charge >= 0.3 is 16.3 Å². The van der Waals surface area contributed by atoms with E-state index in [-0.39, 0.29) is 12.0 Å². The third-order valence-electron chi connectivity index (χ3n) is 3.06. The lowest BCUT2D eigenvalue weighted by molar-refractivity contribution is 0.121. The predicted octanol–water partition coefficient (Wildman–Crippen LogP) is 0.201. The summed E-state index contributed by atoms with van der Waals surface area (Å²) in [7, 11) is -3.84. The van der Waals surface area contributed by atoms with E-state index in [1.807, 2.05) is 4.72 Å². The molecule has 1 aliphatic heterocycles. The molecule has 0 saturated carbocycles. The standard InChI is InChI=1S/C11H23N3O4S/c1-8(2)18-11(15)14-19(16,17)13-7-10-4-5-12-6-9(10)3/h8-10,12-13H,4-7H2,1-3H3,(H,14,15). The minimum Gasteiger partial charge on any atom is -0.446 e. The van der Waals surface area contributed by atoms with Gasteiger partial charge in [-0.05, 0) is 45.2 Å². The number of piperidine rings is 1. The summed E-state index contributed by atoms with van der Waals surface area (Å²) in [6.07, 6.45) is -0.402. The number of carbonyl (C=O) groups excluding carboxylic acids is 1. The van der Waals surface area contributed by atoms with Crippen molar-refractivity contribution in [2.75, 3.05) is 19.6 Å². The molecule has 1 saturated heterocycles. The van der Waals surface area contributed by atoms with Crippen LogP contribution >= 0.6 is 0 Å². The second-order valence-corrected chi connectivity index (χ2v) is 6.64. The fourth-order valence-electron chi connectivity index (χ4n) is 1.97. The molecule has 112 valence electrons. The largest absolute Gasteiger partial charge is 0.446 e. The van der Waals surface area contributed by atoms with Crippen LogP contribution in [0.3, 0.4) is 0 Å². The number of hydrogen-bond acceptors (Lipinski definition) is 5. The summed E-state index contributed by atoms with van der Waals surface area (Å²) in [5.74, 6) is 0.679. The average molecular weight is 293 g/mol. The molecule has 7 nitrogen and oxygen atoms in total. The molecule has 0 aromatic rings. The maximum absolute atomic E-state index is 11.6. The maximum Gasteiger partial charge on any atom is 0.422 e. The quantitative estimate of drug-likeness (QED) is 0.673. The van der Waals surface area contributed by atoms with Gasteiger partial charge in [0.2, 0.25) is 0 Å². The fraction of sp³-hybridized carbons (Fsp3) is 0.909. The topological polar surface area (TPSA) is 96.5 Å². The molecule has 3 N–H and O–H groups in total. The monoisotopic (exact) mass is 293 g/mol. The first kappa shape index (κ1) is 16.2. The van der Waals surface area contributed by atoms with Crippen LogP contribution in [0.25, 0.3) is 0 Å². The highest BCUT2D eigenvalue weighted by atomic mass is 32.2. The van der Waals surface area contributed by atoms with E-state index in [9.17, 15) is 13.2 Å². The van der Waals surface area contributed by atoms with Crippen LogP contribution in [-0.2, 0) is 14.9 Å². The SMILES string of the molecule is CC(C)OC(=O)NS(=O)(=O)NCC1CCNCC1C. The highest BCUT2D eigenvalue weighted by Crippen LogP contribution is 2.17. The molecule has 0 aromatic heterocycles. The molecule has 0 radical (unpaired) electrons. The van der Waals surface area contributed by atoms with Gasteiger partial charge in [-0.25, -0.2) is 9.52 Å². The first-order valence-corrected chi connectivity index (χ1v) is 7.97. The van der Waals surface area contributed by atoms with E-state index in [2.05, 4.69) is 17.0 Å². The van der Waals surface area contributed by atoms with Gasteiger partial charge in [0.25, 0.3) is 0 Å². The van der Waals surface area contributed by atoms with E-state index in [0.29, 0.717) is 12.5 Å². The Morgan fingerprint density at radius 1 is 1.47 bits per heavy atom. The van der Waals surface area contributed by atoms with Crippen LogP contribution in [-0.4, -0.2) is 40.2 Å². The van der Waals surface area contributed by atoms with Crippen molar-refractivity contribution >= 4 is 16.3 Å². The predicted molar refractivity (Wildman–Crippen MR) is 71.8 cm³/mol. The zero-order chi connectivity index (χ0) is 14.5. The van der Waals surface area contributed by atoms with Gasteiger partial charge in [-0.1, -0.05) is 6.92 Å². The number of hydrogen-bond donors (Lipinski definition) is 3. The molecule has 0 spiro atoms. The normalized spacial score (nSPS) is 24.2. The number of nitrogens with one attached hydrogen (secondary N) is 3. The summed E-state index contributed by atoms with van der Waals surface area (Å²) in [6.45, 7) is 7.47. The highest BCUT2D eigenvalue weighted by Gasteiger charge is 2.23. The molecule has 2 unspecified atom stereocenters. The third kappa shape index (κ3) is 6.22. The van der Waals surface area contributed by atoms with E-state index in [4.69, 9.17) is 4.74 Å². The molecule has 8 heteroatoms. The third-order valence-corrected chi connectivity index (χ3v) is 4.04. The van der Waals surface area contributed by atoms with E-state index >= 15 is 0 Å². The van der Waals surface area contributed by atoms with Crippen LogP contribution in [0.2, 0.25) is 0 Å². The van der Waals surface area contributed by atoms with Crippen molar-refractivity contribution < 1.29 is 17.9 Å². The lowest BCUT2D eigenvalue weighted by atomic mass is 9.88. The number of carbonyl (C=O) groups is 1. The molecule has 0 aromatic carbocycles. The second-order valence-electron chi connectivity index (χ2n) is 5.14. The van der Waals surface area contributed by atoms with Crippen molar-refractivity contribution in [2.24, 2.45) is 11.8 Å². The Bertz CT molecular complexity index is 397. The Balaban J connectivity index is 2.39. The Morgan fingerprint density at radius 2 is 2.16 bits per heavy atom. The number of rotatable bonds is 5. The van der Waals surface area contributed by atoms with Crippen molar-refractivity contribution in [3.8, 4) is 0 Å². The van der Waals surface area contributed by atoms with Gasteiger partial charge in [0.1, 0.15) is 0 Å². The summed E-state index contributed by atoms with van der Waals surface area (Å²) < 4.78 is 32.2. The number of ether oxygens (including phenoxy) is 1. The average Bonchev–Trinajstić information content (AvgIpc) is 2.26. The molecule has 1 heterocycles. The van der Waals surface area contributed by atoms with Crippen molar-refractivity contribution in [2.45, 2.75) is 33.3 Å². The smallest absolute Gasteiger partial charge is 0.422 e. The van der Waals surface area contributed by atoms with Crippen LogP contribution in [0.4, 0.5) is 4.79 Å². The number of amides is 1. The van der Waals surface area contributed by atoms with Gasteiger partial charge in [-0.3, -0.25) is 0 Å². The van der Waals surface area contributed by atoms with E-state index in [1.165, 1.54) is 0 Å². The first-order valence-electron chi connectivity index (χ1n) is 6.49. The molecule has 1 fully saturated rings. The van der Waals surface area contributed by atoms with Crippen LogP contribution in [0, 0.1) is 11.8 Å². The molecule has 1 amide bonds. The van der Waals surface area contributed by atoms with Crippen LogP contribution < -0.4 is 14.8 Å². The van der Waals surface area contributed by atoms with Crippen molar-refractivity contribution in [1.82, 2.24) is 14.8 Å². The summed E-state index contributed by atoms with van der Waals surface area (Å²) in [5, 5.41) is 3.25. The van der Waals surface area contributed by atoms with Crippen LogP contribution in [0.5, 0.6) is 0 Å². The van der Waals surface area contributed by atoms with Gasteiger partial charge in [-0.15, -0.1) is 0 Å². The molecule has 1 aliphatic rings. The van der Waals surface area contributed by atoms with Crippen molar-refractivity contribution in [3.63, 3.8) is 0 Å². The minimum absolute atomic E-state index is 0.277. The van der Waals surface area contributed by atoms with E-state index < -0.39 is 16.3 Å². The van der Waals surface area contributed by atoms with Crippen molar-refractivity contribution in [3.05, 3.63) is 0 Å². The Labute approximate surface area is 114 Å². The maximum atomic E-state index is 11.6. The van der Waals surface area contributed by atoms with Gasteiger partial charge in [0, 0.05) is 6.54 Å². The van der Waals surface area contributed by atoms with E-state index in [0.717, 1.165) is 19.5 Å². The van der Waals surface area contributed by atoms with Crippen LogP contribution in [0.1, 0.15) is 27.2 Å². The summed E-state index contributed by atoms with van der Waals surface area (Å²) in [6, 6.07) is 0. The minimum atomic E-state index is -3.84. The zero-order valence-corrected chi connectivity index (χ0v) is 12.4. The van der Waals surface area contributed by atoms with E-state index in [1.54, 1.807) is 13.8 Å². The lowest BCUT2D eigenvalue weighted by Gasteiger charge is -2.29. The van der Waals surface area contributed by atoms with Gasteiger partial charge in [-0.2, -0.15) is 13.1 Å². The summed E-state index contributed by atoms with van der Waals surface area (Å²) in [5.41, 5.74) is 0. The molecular formula is C11H23N3O4S. The summed E-state index contributed by atoms with van der Waals surface area (Å²) in [4.78, 5) is 11.2. The molecule has 0 aliphatic carbocycles. The molecule has 19 heavy (non-hydrogen) atoms. The Hall–Kier alpha value is -0.860. The lowest BCUT2D eigenvalue weighted by Crippen LogP contribution is -2.46. The highest BCUT2D eigenvalue weighted by molar-refractivity contribution is 7.88. The van der Waals surface area contributed by atoms with Gasteiger partial charge < -0.3 is 10.1 Å². The fourth-order valence-corrected chi connectivity index (χ4v) is 2.75. The molecular weight excluding hydrogens is 270 g/mol. The zero-order valence-electron chi connectivity index (χ0n) is 11.6. The Morgan fingerprint density at radius 3 is 2.74 bits per heavy atom. The van der Waals surface area contributed by atoms with Gasteiger partial charge in [0.15, 0.2) is 0 Å². The molecule has 2 atom stereocenters. The first-order chi connectivity index (χ1) is 8.80. The molecule has 0 bridgehead atoms. The van der Waals surface area contributed by atoms with Gasteiger partial charge in [0.05, 0.1) is 6.10 Å².